The number of pyridine rings is 3. The van der Waals surface area contributed by atoms with Crippen LogP contribution in [0.1, 0.15) is 84.9 Å². The minimum atomic E-state index is -0.0192. The van der Waals surface area contributed by atoms with Gasteiger partial charge in [-0.25, -0.2) is 4.98 Å². The molecule has 4 heteroatoms. The summed E-state index contributed by atoms with van der Waals surface area (Å²) in [4.78, 5) is 14.6. The Bertz CT molecular complexity index is 2310. The van der Waals surface area contributed by atoms with E-state index in [1.165, 1.54) is 27.5 Å². The zero-order valence-corrected chi connectivity index (χ0v) is 30.9. The molecule has 0 spiro atoms. The van der Waals surface area contributed by atoms with Crippen LogP contribution in [0.2, 0.25) is 0 Å². The van der Waals surface area contributed by atoms with Gasteiger partial charge in [0.15, 0.2) is 0 Å². The molecule has 0 bridgehead atoms. The highest BCUT2D eigenvalue weighted by atomic mass is 15.1. The largest absolute Gasteiger partial charge is 0.294 e. The van der Waals surface area contributed by atoms with Crippen LogP contribution in [-0.4, -0.2) is 19.5 Å². The number of benzene rings is 3. The van der Waals surface area contributed by atoms with Crippen LogP contribution in [0.3, 0.4) is 0 Å². The summed E-state index contributed by atoms with van der Waals surface area (Å²) in [5, 5.41) is 2.40. The number of aromatic nitrogens is 4. The molecule has 7 aromatic rings. The molecule has 252 valence electrons. The lowest BCUT2D eigenvalue weighted by Crippen LogP contribution is -2.12. The zero-order chi connectivity index (χ0) is 35.4. The summed E-state index contributed by atoms with van der Waals surface area (Å²) < 4.78 is 2.34. The average molecular weight is 657 g/mol. The van der Waals surface area contributed by atoms with Crippen molar-refractivity contribution in [3.63, 3.8) is 0 Å². The lowest BCUT2D eigenvalue weighted by atomic mass is 9.83. The second-order valence-corrected chi connectivity index (χ2v) is 16.2. The first-order chi connectivity index (χ1) is 23.8. The molecular weight excluding hydrogens is 609 g/mol. The van der Waals surface area contributed by atoms with Crippen molar-refractivity contribution >= 4 is 21.8 Å². The van der Waals surface area contributed by atoms with Crippen LogP contribution < -0.4 is 0 Å². The van der Waals surface area contributed by atoms with Crippen LogP contribution in [-0.2, 0) is 10.8 Å². The van der Waals surface area contributed by atoms with Gasteiger partial charge in [-0.3, -0.25) is 14.5 Å². The number of nitrogens with zero attached hydrogens (tertiary/aromatic N) is 4. The van der Waals surface area contributed by atoms with Gasteiger partial charge in [0.25, 0.3) is 0 Å². The molecule has 50 heavy (non-hydrogen) atoms. The highest BCUT2D eigenvalue weighted by Gasteiger charge is 2.22. The maximum atomic E-state index is 5.12. The Balaban J connectivity index is 1.45. The maximum Gasteiger partial charge on any atom is 0.137 e. The van der Waals surface area contributed by atoms with Gasteiger partial charge in [-0.15, -0.1) is 0 Å². The Morgan fingerprint density at radius 3 is 1.80 bits per heavy atom. The van der Waals surface area contributed by atoms with Gasteiger partial charge < -0.3 is 0 Å². The summed E-state index contributed by atoms with van der Waals surface area (Å²) in [5.41, 5.74) is 12.8. The van der Waals surface area contributed by atoms with E-state index in [0.717, 1.165) is 50.4 Å². The van der Waals surface area contributed by atoms with Crippen LogP contribution in [0.25, 0.3) is 61.1 Å². The summed E-state index contributed by atoms with van der Waals surface area (Å²) in [6, 6.07) is 33.2. The molecule has 0 aliphatic carbocycles. The predicted octanol–water partition coefficient (Wildman–Crippen LogP) is 12.3. The van der Waals surface area contributed by atoms with Crippen molar-refractivity contribution < 1.29 is 0 Å². The fourth-order valence-electron chi connectivity index (χ4n) is 7.02. The number of hydrogen-bond donors (Lipinski definition) is 0. The topological polar surface area (TPSA) is 43.6 Å². The number of fused-ring (bicyclic) bond motifs is 3. The molecular formula is C46H48N4. The second kappa shape index (κ2) is 12.7. The molecule has 0 aliphatic rings. The first-order valence-corrected chi connectivity index (χ1v) is 17.9. The van der Waals surface area contributed by atoms with Gasteiger partial charge in [0, 0.05) is 46.7 Å². The molecule has 0 amide bonds. The number of hydrogen-bond acceptors (Lipinski definition) is 3. The van der Waals surface area contributed by atoms with Gasteiger partial charge in [0.1, 0.15) is 5.82 Å². The van der Waals surface area contributed by atoms with Gasteiger partial charge in [-0.2, -0.15) is 0 Å². The molecule has 0 saturated heterocycles. The summed E-state index contributed by atoms with van der Waals surface area (Å²) in [5.74, 6) is 1.88. The monoisotopic (exact) mass is 656 g/mol. The fraction of sp³-hybridized carbons (Fsp3) is 0.283. The van der Waals surface area contributed by atoms with Crippen molar-refractivity contribution in [2.45, 2.75) is 79.1 Å². The van der Waals surface area contributed by atoms with Crippen molar-refractivity contribution in [2.24, 2.45) is 5.92 Å². The van der Waals surface area contributed by atoms with E-state index in [2.05, 4.69) is 169 Å². The predicted molar refractivity (Wildman–Crippen MR) is 211 cm³/mol. The lowest BCUT2D eigenvalue weighted by Gasteiger charge is -2.22. The Morgan fingerprint density at radius 2 is 1.24 bits per heavy atom. The van der Waals surface area contributed by atoms with E-state index in [1.807, 2.05) is 18.6 Å². The molecule has 0 N–H and O–H groups in total. The van der Waals surface area contributed by atoms with E-state index >= 15 is 0 Å². The summed E-state index contributed by atoms with van der Waals surface area (Å²) in [7, 11) is 0. The third-order valence-electron chi connectivity index (χ3n) is 10.4. The van der Waals surface area contributed by atoms with E-state index in [4.69, 9.17) is 9.97 Å². The highest BCUT2D eigenvalue weighted by Crippen LogP contribution is 2.40. The van der Waals surface area contributed by atoms with E-state index in [-0.39, 0.29) is 10.8 Å². The Kier molecular flexibility index (Phi) is 8.46. The van der Waals surface area contributed by atoms with E-state index < -0.39 is 0 Å². The van der Waals surface area contributed by atoms with Gasteiger partial charge in [-0.05, 0) is 86.4 Å². The molecule has 1 unspecified atom stereocenters. The first-order valence-electron chi connectivity index (χ1n) is 17.9. The van der Waals surface area contributed by atoms with Gasteiger partial charge in [0.05, 0.1) is 16.7 Å². The van der Waals surface area contributed by atoms with Crippen molar-refractivity contribution in [2.75, 3.05) is 0 Å². The normalized spacial score (nSPS) is 13.0. The van der Waals surface area contributed by atoms with Crippen molar-refractivity contribution in [1.29, 1.82) is 0 Å². The molecule has 0 radical (unpaired) electrons. The Hall–Kier alpha value is -5.09. The van der Waals surface area contributed by atoms with Crippen LogP contribution in [0.5, 0.6) is 0 Å². The van der Waals surface area contributed by atoms with Crippen LogP contribution in [0.15, 0.2) is 116 Å². The summed E-state index contributed by atoms with van der Waals surface area (Å²) in [6.45, 7) is 20.3. The van der Waals surface area contributed by atoms with E-state index in [9.17, 15) is 0 Å². The molecule has 4 nitrogen and oxygen atoms in total. The second-order valence-electron chi connectivity index (χ2n) is 16.2. The SMILES string of the molecule is CC(C)C(C)c1ccc(-n2c3cc(-c4ccccc4-c4ccc(C(C)(C)C)cn4)ccc3c3ccc(-c4cnccc4C(C)(C)C)cc32)nc1. The van der Waals surface area contributed by atoms with Crippen molar-refractivity contribution in [3.8, 4) is 39.3 Å². The molecule has 1 atom stereocenters. The minimum Gasteiger partial charge on any atom is -0.294 e. The molecule has 0 saturated carbocycles. The van der Waals surface area contributed by atoms with E-state index in [0.29, 0.717) is 11.8 Å². The highest BCUT2D eigenvalue weighted by molar-refractivity contribution is 6.11. The molecule has 4 heterocycles. The third-order valence-corrected chi connectivity index (χ3v) is 10.4. The Labute approximate surface area is 297 Å². The zero-order valence-electron chi connectivity index (χ0n) is 30.9. The summed E-state index contributed by atoms with van der Waals surface area (Å²) in [6.07, 6.45) is 7.99. The number of rotatable bonds is 6. The maximum absolute atomic E-state index is 5.12. The Morgan fingerprint density at radius 1 is 0.580 bits per heavy atom. The molecule has 0 aliphatic heterocycles. The lowest BCUT2D eigenvalue weighted by molar-refractivity contribution is 0.533. The third kappa shape index (κ3) is 6.13. The standard InChI is InChI=1S/C46H48N4/c1-29(2)30(3)33-16-21-44(49-26-33)50-42-24-31(35-12-10-11-13-36(35)41-20-17-34(27-48-41)45(4,5)6)14-18-37(42)38-19-15-32(25-43(38)50)39-28-47-23-22-40(39)46(7,8)9/h10-30H,1-9H3. The first kappa shape index (κ1) is 33.4. The average Bonchev–Trinajstić information content (AvgIpc) is 3.43. The van der Waals surface area contributed by atoms with Gasteiger partial charge >= 0.3 is 0 Å². The van der Waals surface area contributed by atoms with Crippen LogP contribution in [0, 0.1) is 5.92 Å². The minimum absolute atomic E-state index is 0.0192. The van der Waals surface area contributed by atoms with Crippen LogP contribution >= 0.6 is 0 Å². The fourth-order valence-corrected chi connectivity index (χ4v) is 7.02. The van der Waals surface area contributed by atoms with E-state index in [1.54, 1.807) is 0 Å². The van der Waals surface area contributed by atoms with Crippen LogP contribution in [0.4, 0.5) is 0 Å². The molecule has 7 rings (SSSR count). The quantitative estimate of drug-likeness (QED) is 0.179. The van der Waals surface area contributed by atoms with Gasteiger partial charge in [-0.1, -0.05) is 123 Å². The van der Waals surface area contributed by atoms with Gasteiger partial charge in [0.2, 0.25) is 0 Å². The molecule has 0 fully saturated rings. The molecule has 3 aromatic carbocycles. The van der Waals surface area contributed by atoms with Crippen molar-refractivity contribution in [1.82, 2.24) is 19.5 Å². The van der Waals surface area contributed by atoms with Crippen molar-refractivity contribution in [3.05, 3.63) is 132 Å². The summed E-state index contributed by atoms with van der Waals surface area (Å²) >= 11 is 0. The molecule has 4 aromatic heterocycles. The smallest absolute Gasteiger partial charge is 0.137 e.